The van der Waals surface area contributed by atoms with E-state index in [1.54, 1.807) is 24.3 Å². The normalized spacial score (nSPS) is 22.8. The van der Waals surface area contributed by atoms with Crippen molar-refractivity contribution >= 4 is 17.5 Å². The molecule has 0 radical (unpaired) electrons. The van der Waals surface area contributed by atoms with E-state index >= 15 is 0 Å². The van der Waals surface area contributed by atoms with Crippen LogP contribution in [0.15, 0.2) is 42.5 Å². The van der Waals surface area contributed by atoms with Crippen LogP contribution in [-0.2, 0) is 14.9 Å². The molecule has 2 aromatic rings. The van der Waals surface area contributed by atoms with Crippen molar-refractivity contribution in [3.05, 3.63) is 53.6 Å². The first-order valence-electron chi connectivity index (χ1n) is 11.2. The number of amides is 2. The van der Waals surface area contributed by atoms with E-state index in [0.717, 1.165) is 36.3 Å². The van der Waals surface area contributed by atoms with Gasteiger partial charge in [-0.25, -0.2) is 0 Å². The molecule has 7 heteroatoms. The van der Waals surface area contributed by atoms with Gasteiger partial charge in [0.1, 0.15) is 0 Å². The standard InChI is InChI=1S/C25H28N2O5/c1-16-12-20(16)24(29)27-19-5-2-17(3-6-19)23(28)26-14-25(8-10-30-11-9-25)18-4-7-21-22(13-18)32-15-31-21/h2-7,13,16,20H,8-12,14-15H2,1H3,(H,26,28)(H,27,29)/t16-,20-/m1/s1. The number of hydrogen-bond donors (Lipinski definition) is 2. The Balaban J connectivity index is 1.25. The van der Waals surface area contributed by atoms with Crippen LogP contribution in [-0.4, -0.2) is 38.4 Å². The first-order chi connectivity index (χ1) is 15.5. The van der Waals surface area contributed by atoms with Gasteiger partial charge < -0.3 is 24.8 Å². The Kier molecular flexibility index (Phi) is 5.51. The second kappa shape index (κ2) is 8.47. The van der Waals surface area contributed by atoms with Gasteiger partial charge in [-0.05, 0) is 67.1 Å². The molecule has 0 unspecified atom stereocenters. The predicted octanol–water partition coefficient (Wildman–Crippen LogP) is 3.49. The molecule has 3 aliphatic rings. The fourth-order valence-electron chi connectivity index (χ4n) is 4.53. The Hall–Kier alpha value is -3.06. The maximum Gasteiger partial charge on any atom is 0.251 e. The number of benzene rings is 2. The van der Waals surface area contributed by atoms with Crippen LogP contribution in [0.3, 0.4) is 0 Å². The Labute approximate surface area is 187 Å². The van der Waals surface area contributed by atoms with Gasteiger partial charge in [0.05, 0.1) is 0 Å². The SMILES string of the molecule is C[C@@H]1C[C@H]1C(=O)Nc1ccc(C(=O)NCC2(c3ccc4c(c3)OCO4)CCOCC2)cc1. The van der Waals surface area contributed by atoms with Crippen molar-refractivity contribution in [2.24, 2.45) is 11.8 Å². The number of carbonyl (C=O) groups excluding carboxylic acids is 2. The van der Waals surface area contributed by atoms with Gasteiger partial charge in [-0.3, -0.25) is 9.59 Å². The van der Waals surface area contributed by atoms with E-state index in [-0.39, 0.29) is 29.9 Å². The van der Waals surface area contributed by atoms with Gasteiger partial charge in [-0.1, -0.05) is 13.0 Å². The second-order valence-corrected chi connectivity index (χ2v) is 9.03. The summed E-state index contributed by atoms with van der Waals surface area (Å²) in [5, 5.41) is 6.04. The summed E-state index contributed by atoms with van der Waals surface area (Å²) in [6.07, 6.45) is 2.58. The summed E-state index contributed by atoms with van der Waals surface area (Å²) in [5.74, 6) is 2.00. The number of ether oxygens (including phenoxy) is 3. The Morgan fingerprint density at radius 3 is 2.47 bits per heavy atom. The van der Waals surface area contributed by atoms with Crippen LogP contribution >= 0.6 is 0 Å². The van der Waals surface area contributed by atoms with Crippen LogP contribution in [0.25, 0.3) is 0 Å². The zero-order valence-electron chi connectivity index (χ0n) is 18.2. The van der Waals surface area contributed by atoms with E-state index in [9.17, 15) is 9.59 Å². The van der Waals surface area contributed by atoms with E-state index in [1.165, 1.54) is 0 Å². The molecule has 2 N–H and O–H groups in total. The molecule has 2 atom stereocenters. The third-order valence-corrected chi connectivity index (χ3v) is 6.88. The highest BCUT2D eigenvalue weighted by Crippen LogP contribution is 2.41. The smallest absolute Gasteiger partial charge is 0.251 e. The first kappa shape index (κ1) is 20.8. The number of hydrogen-bond acceptors (Lipinski definition) is 5. The molecule has 2 fully saturated rings. The van der Waals surface area contributed by atoms with Gasteiger partial charge in [0.25, 0.3) is 5.91 Å². The summed E-state index contributed by atoms with van der Waals surface area (Å²) in [4.78, 5) is 25.0. The number of nitrogens with one attached hydrogen (secondary N) is 2. The lowest BCUT2D eigenvalue weighted by Gasteiger charge is -2.38. The topological polar surface area (TPSA) is 85.9 Å². The minimum absolute atomic E-state index is 0.0555. The van der Waals surface area contributed by atoms with Crippen LogP contribution in [0.2, 0.25) is 0 Å². The van der Waals surface area contributed by atoms with Crippen molar-refractivity contribution in [1.82, 2.24) is 5.32 Å². The Bertz CT molecular complexity index is 1010. The fourth-order valence-corrected chi connectivity index (χ4v) is 4.53. The third kappa shape index (κ3) is 4.17. The molecular formula is C25H28N2O5. The van der Waals surface area contributed by atoms with Crippen LogP contribution in [0.1, 0.15) is 42.1 Å². The zero-order valence-corrected chi connectivity index (χ0v) is 18.2. The number of anilines is 1. The van der Waals surface area contributed by atoms with Gasteiger partial charge in [0.2, 0.25) is 12.7 Å². The van der Waals surface area contributed by atoms with Gasteiger partial charge in [-0.15, -0.1) is 0 Å². The number of carbonyl (C=O) groups is 2. The van der Waals surface area contributed by atoms with Crippen LogP contribution in [0, 0.1) is 11.8 Å². The average Bonchev–Trinajstić information content (AvgIpc) is 3.37. The molecule has 7 nitrogen and oxygen atoms in total. The molecule has 0 spiro atoms. The predicted molar refractivity (Wildman–Crippen MR) is 119 cm³/mol. The summed E-state index contributed by atoms with van der Waals surface area (Å²) >= 11 is 0. The van der Waals surface area contributed by atoms with Gasteiger partial charge in [0, 0.05) is 42.3 Å². The van der Waals surface area contributed by atoms with Crippen molar-refractivity contribution in [2.75, 3.05) is 31.9 Å². The lowest BCUT2D eigenvalue weighted by atomic mass is 9.74. The van der Waals surface area contributed by atoms with E-state index in [2.05, 4.69) is 23.6 Å². The molecule has 5 rings (SSSR count). The number of rotatable bonds is 6. The van der Waals surface area contributed by atoms with Crippen LogP contribution in [0.4, 0.5) is 5.69 Å². The Morgan fingerprint density at radius 1 is 1.03 bits per heavy atom. The molecule has 1 aliphatic carbocycles. The summed E-state index contributed by atoms with van der Waals surface area (Å²) in [6, 6.07) is 13.1. The molecule has 2 amide bonds. The average molecular weight is 437 g/mol. The Morgan fingerprint density at radius 2 is 1.75 bits per heavy atom. The molecule has 2 heterocycles. The van der Waals surface area contributed by atoms with Gasteiger partial charge in [0.15, 0.2) is 11.5 Å². The van der Waals surface area contributed by atoms with Crippen molar-refractivity contribution in [3.63, 3.8) is 0 Å². The molecule has 1 saturated heterocycles. The highest BCUT2D eigenvalue weighted by Gasteiger charge is 2.39. The molecule has 2 aromatic carbocycles. The summed E-state index contributed by atoms with van der Waals surface area (Å²) in [5.41, 5.74) is 2.18. The number of fused-ring (bicyclic) bond motifs is 1. The van der Waals surface area contributed by atoms with E-state index in [0.29, 0.717) is 36.9 Å². The third-order valence-electron chi connectivity index (χ3n) is 6.88. The maximum atomic E-state index is 12.9. The summed E-state index contributed by atoms with van der Waals surface area (Å²) in [6.45, 7) is 4.12. The zero-order chi connectivity index (χ0) is 22.1. The molecule has 0 bridgehead atoms. The van der Waals surface area contributed by atoms with E-state index in [1.807, 2.05) is 12.1 Å². The molecule has 168 valence electrons. The van der Waals surface area contributed by atoms with Gasteiger partial charge >= 0.3 is 0 Å². The fraction of sp³-hybridized carbons (Fsp3) is 0.440. The second-order valence-electron chi connectivity index (χ2n) is 9.03. The summed E-state index contributed by atoms with van der Waals surface area (Å²) < 4.78 is 16.6. The van der Waals surface area contributed by atoms with Gasteiger partial charge in [-0.2, -0.15) is 0 Å². The minimum atomic E-state index is -0.218. The van der Waals surface area contributed by atoms with Crippen molar-refractivity contribution in [1.29, 1.82) is 0 Å². The molecular weight excluding hydrogens is 408 g/mol. The quantitative estimate of drug-likeness (QED) is 0.724. The van der Waals surface area contributed by atoms with Crippen LogP contribution in [0.5, 0.6) is 11.5 Å². The molecule has 0 aromatic heterocycles. The molecule has 2 aliphatic heterocycles. The lowest BCUT2D eigenvalue weighted by molar-refractivity contribution is -0.117. The van der Waals surface area contributed by atoms with E-state index in [4.69, 9.17) is 14.2 Å². The van der Waals surface area contributed by atoms with E-state index < -0.39 is 0 Å². The molecule has 32 heavy (non-hydrogen) atoms. The van der Waals surface area contributed by atoms with Crippen molar-refractivity contribution in [3.8, 4) is 11.5 Å². The first-order valence-corrected chi connectivity index (χ1v) is 11.2. The summed E-state index contributed by atoms with van der Waals surface area (Å²) in [7, 11) is 0. The largest absolute Gasteiger partial charge is 0.454 e. The maximum absolute atomic E-state index is 12.9. The lowest BCUT2D eigenvalue weighted by Crippen LogP contribution is -2.44. The highest BCUT2D eigenvalue weighted by molar-refractivity contribution is 5.97. The highest BCUT2D eigenvalue weighted by atomic mass is 16.7. The minimum Gasteiger partial charge on any atom is -0.454 e. The van der Waals surface area contributed by atoms with Crippen molar-refractivity contribution in [2.45, 2.75) is 31.6 Å². The monoisotopic (exact) mass is 436 g/mol. The van der Waals surface area contributed by atoms with Crippen LogP contribution < -0.4 is 20.1 Å². The molecule has 1 saturated carbocycles. The van der Waals surface area contributed by atoms with Crippen molar-refractivity contribution < 1.29 is 23.8 Å².